The standard InChI is InChI=1S/C18H24F3N3O3/c1-3-27-17(26)23-13-7-6-10-24(11-13)16(25)22-12(2)14-8-4-5-9-15(14)18(19,20)21/h4-5,8-9,12-13H,3,6-7,10-11H2,1-2H3,(H,22,25)(H,23,26). The van der Waals surface area contributed by atoms with Gasteiger partial charge in [0, 0.05) is 19.1 Å². The van der Waals surface area contributed by atoms with E-state index in [0.29, 0.717) is 19.4 Å². The average Bonchev–Trinajstić information content (AvgIpc) is 2.61. The molecule has 9 heteroatoms. The van der Waals surface area contributed by atoms with Crippen LogP contribution in [0.25, 0.3) is 0 Å². The number of likely N-dealkylation sites (tertiary alicyclic amines) is 1. The zero-order valence-electron chi connectivity index (χ0n) is 15.3. The van der Waals surface area contributed by atoms with Crippen molar-refractivity contribution >= 4 is 12.1 Å². The number of piperidine rings is 1. The number of ether oxygens (including phenoxy) is 1. The number of rotatable bonds is 4. The minimum Gasteiger partial charge on any atom is -0.450 e. The van der Waals surface area contributed by atoms with E-state index in [0.717, 1.165) is 6.07 Å². The van der Waals surface area contributed by atoms with Gasteiger partial charge in [-0.2, -0.15) is 13.2 Å². The summed E-state index contributed by atoms with van der Waals surface area (Å²) in [5.74, 6) is 0. The van der Waals surface area contributed by atoms with Gasteiger partial charge in [-0.05, 0) is 38.3 Å². The highest BCUT2D eigenvalue weighted by molar-refractivity contribution is 5.75. The van der Waals surface area contributed by atoms with Crippen LogP contribution in [0.5, 0.6) is 0 Å². The first-order valence-electron chi connectivity index (χ1n) is 8.87. The van der Waals surface area contributed by atoms with Gasteiger partial charge in [0.2, 0.25) is 0 Å². The summed E-state index contributed by atoms with van der Waals surface area (Å²) in [5.41, 5.74) is -0.755. The highest BCUT2D eigenvalue weighted by atomic mass is 19.4. The molecule has 1 saturated heterocycles. The van der Waals surface area contributed by atoms with Crippen molar-refractivity contribution in [2.75, 3.05) is 19.7 Å². The van der Waals surface area contributed by atoms with Crippen LogP contribution in [0.3, 0.4) is 0 Å². The molecule has 2 atom stereocenters. The number of benzene rings is 1. The number of nitrogens with zero attached hydrogens (tertiary/aromatic N) is 1. The minimum atomic E-state index is -4.49. The fourth-order valence-corrected chi connectivity index (χ4v) is 3.11. The second-order valence-corrected chi connectivity index (χ2v) is 6.41. The number of carbonyl (C=O) groups excluding carboxylic acids is 2. The first kappa shape index (κ1) is 20.9. The lowest BCUT2D eigenvalue weighted by Crippen LogP contribution is -2.52. The Bertz CT molecular complexity index is 667. The number of halogens is 3. The summed E-state index contributed by atoms with van der Waals surface area (Å²) in [6, 6.07) is 3.66. The van der Waals surface area contributed by atoms with Crippen LogP contribution in [0.2, 0.25) is 0 Å². The number of carbonyl (C=O) groups is 2. The van der Waals surface area contributed by atoms with E-state index in [4.69, 9.17) is 4.74 Å². The van der Waals surface area contributed by atoms with Gasteiger partial charge in [-0.25, -0.2) is 9.59 Å². The van der Waals surface area contributed by atoms with E-state index < -0.39 is 29.9 Å². The Kier molecular flexibility index (Phi) is 6.92. The molecule has 2 unspecified atom stereocenters. The molecule has 2 N–H and O–H groups in total. The molecule has 150 valence electrons. The van der Waals surface area contributed by atoms with Crippen LogP contribution in [-0.4, -0.2) is 42.8 Å². The SMILES string of the molecule is CCOC(=O)NC1CCCN(C(=O)NC(C)c2ccccc2C(F)(F)F)C1. The molecule has 0 spiro atoms. The Morgan fingerprint density at radius 3 is 2.70 bits per heavy atom. The van der Waals surface area contributed by atoms with Crippen molar-refractivity contribution in [3.8, 4) is 0 Å². The van der Waals surface area contributed by atoms with Crippen molar-refractivity contribution in [2.24, 2.45) is 0 Å². The van der Waals surface area contributed by atoms with Crippen molar-refractivity contribution < 1.29 is 27.5 Å². The fourth-order valence-electron chi connectivity index (χ4n) is 3.11. The summed E-state index contributed by atoms with van der Waals surface area (Å²) in [5, 5.41) is 5.31. The third kappa shape index (κ3) is 5.77. The van der Waals surface area contributed by atoms with Gasteiger partial charge in [-0.1, -0.05) is 18.2 Å². The Labute approximate surface area is 156 Å². The summed E-state index contributed by atoms with van der Waals surface area (Å²) >= 11 is 0. The molecule has 1 aromatic carbocycles. The van der Waals surface area contributed by atoms with Crippen LogP contribution in [-0.2, 0) is 10.9 Å². The zero-order valence-corrected chi connectivity index (χ0v) is 15.3. The lowest BCUT2D eigenvalue weighted by Gasteiger charge is -2.34. The number of alkyl halides is 3. The zero-order chi connectivity index (χ0) is 20.0. The van der Waals surface area contributed by atoms with Crippen LogP contribution in [0, 0.1) is 0 Å². The van der Waals surface area contributed by atoms with Crippen LogP contribution in [0.15, 0.2) is 24.3 Å². The molecule has 0 saturated carbocycles. The summed E-state index contributed by atoms with van der Waals surface area (Å²) in [6.07, 6.45) is -3.65. The average molecular weight is 387 g/mol. The molecule has 1 aliphatic rings. The van der Waals surface area contributed by atoms with Crippen LogP contribution in [0.4, 0.5) is 22.8 Å². The Morgan fingerprint density at radius 1 is 1.33 bits per heavy atom. The van der Waals surface area contributed by atoms with Crippen LogP contribution < -0.4 is 10.6 Å². The molecular weight excluding hydrogens is 363 g/mol. The maximum absolute atomic E-state index is 13.2. The van der Waals surface area contributed by atoms with Crippen molar-refractivity contribution in [3.63, 3.8) is 0 Å². The topological polar surface area (TPSA) is 70.7 Å². The number of hydrogen-bond donors (Lipinski definition) is 2. The lowest BCUT2D eigenvalue weighted by atomic mass is 10.0. The Hall–Kier alpha value is -2.45. The van der Waals surface area contributed by atoms with Gasteiger partial charge in [-0.15, -0.1) is 0 Å². The number of amides is 3. The Morgan fingerprint density at radius 2 is 2.04 bits per heavy atom. The van der Waals surface area contributed by atoms with E-state index in [1.54, 1.807) is 6.92 Å². The Balaban J connectivity index is 1.99. The van der Waals surface area contributed by atoms with Gasteiger partial charge in [0.15, 0.2) is 0 Å². The molecule has 2 rings (SSSR count). The van der Waals surface area contributed by atoms with Gasteiger partial charge in [0.1, 0.15) is 0 Å². The van der Waals surface area contributed by atoms with E-state index in [2.05, 4.69) is 10.6 Å². The van der Waals surface area contributed by atoms with Crippen molar-refractivity contribution in [1.29, 1.82) is 0 Å². The first-order chi connectivity index (χ1) is 12.7. The monoisotopic (exact) mass is 387 g/mol. The molecular formula is C18H24F3N3O3. The maximum atomic E-state index is 13.2. The predicted octanol–water partition coefficient (Wildman–Crippen LogP) is 3.69. The number of urea groups is 1. The second-order valence-electron chi connectivity index (χ2n) is 6.41. The van der Waals surface area contributed by atoms with E-state index in [1.807, 2.05) is 0 Å². The van der Waals surface area contributed by atoms with Gasteiger partial charge < -0.3 is 20.3 Å². The van der Waals surface area contributed by atoms with Gasteiger partial charge >= 0.3 is 18.3 Å². The first-order valence-corrected chi connectivity index (χ1v) is 8.87. The molecule has 1 fully saturated rings. The maximum Gasteiger partial charge on any atom is 0.416 e. The third-order valence-corrected chi connectivity index (χ3v) is 4.38. The highest BCUT2D eigenvalue weighted by Crippen LogP contribution is 2.34. The fraction of sp³-hybridized carbons (Fsp3) is 0.556. The van der Waals surface area contributed by atoms with E-state index in [1.165, 1.54) is 30.0 Å². The van der Waals surface area contributed by atoms with E-state index >= 15 is 0 Å². The van der Waals surface area contributed by atoms with Crippen LogP contribution in [0.1, 0.15) is 43.9 Å². The molecule has 1 aliphatic heterocycles. The summed E-state index contributed by atoms with van der Waals surface area (Å²) in [4.78, 5) is 25.5. The molecule has 1 aromatic rings. The van der Waals surface area contributed by atoms with E-state index in [9.17, 15) is 22.8 Å². The second kappa shape index (κ2) is 8.96. The quantitative estimate of drug-likeness (QED) is 0.828. The summed E-state index contributed by atoms with van der Waals surface area (Å²) in [6.45, 7) is 4.21. The normalized spacial score (nSPS) is 18.6. The molecule has 0 bridgehead atoms. The van der Waals surface area contributed by atoms with E-state index in [-0.39, 0.29) is 24.8 Å². The van der Waals surface area contributed by atoms with Crippen molar-refractivity contribution in [1.82, 2.24) is 15.5 Å². The van der Waals surface area contributed by atoms with Gasteiger partial charge in [0.25, 0.3) is 0 Å². The lowest BCUT2D eigenvalue weighted by molar-refractivity contribution is -0.138. The molecule has 0 aliphatic carbocycles. The molecule has 3 amide bonds. The van der Waals surface area contributed by atoms with Crippen molar-refractivity contribution in [2.45, 2.75) is 44.9 Å². The summed E-state index contributed by atoms with van der Waals surface area (Å²) < 4.78 is 44.3. The number of nitrogens with one attached hydrogen (secondary N) is 2. The van der Waals surface area contributed by atoms with Gasteiger partial charge in [-0.3, -0.25) is 0 Å². The summed E-state index contributed by atoms with van der Waals surface area (Å²) in [7, 11) is 0. The molecule has 1 heterocycles. The van der Waals surface area contributed by atoms with Gasteiger partial charge in [0.05, 0.1) is 18.2 Å². The number of alkyl carbamates (subject to hydrolysis) is 1. The van der Waals surface area contributed by atoms with Crippen LogP contribution >= 0.6 is 0 Å². The minimum absolute atomic E-state index is 0.0107. The highest BCUT2D eigenvalue weighted by Gasteiger charge is 2.35. The molecule has 0 radical (unpaired) electrons. The van der Waals surface area contributed by atoms with Crippen molar-refractivity contribution in [3.05, 3.63) is 35.4 Å². The predicted molar refractivity (Wildman–Crippen MR) is 93.1 cm³/mol. The molecule has 6 nitrogen and oxygen atoms in total. The number of hydrogen-bond acceptors (Lipinski definition) is 3. The molecule has 27 heavy (non-hydrogen) atoms. The largest absolute Gasteiger partial charge is 0.450 e. The smallest absolute Gasteiger partial charge is 0.416 e. The third-order valence-electron chi connectivity index (χ3n) is 4.38. The molecule has 0 aromatic heterocycles.